The molecule has 0 unspecified atom stereocenters. The van der Waals surface area contributed by atoms with Crippen LogP contribution in [0.5, 0.6) is 0 Å². The van der Waals surface area contributed by atoms with Gasteiger partial charge in [-0.05, 0) is 23.0 Å². The predicted molar refractivity (Wildman–Crippen MR) is 85.8 cm³/mol. The van der Waals surface area contributed by atoms with Crippen LogP contribution in [0.3, 0.4) is 0 Å². The summed E-state index contributed by atoms with van der Waals surface area (Å²) in [6.45, 7) is 6.95. The first-order valence-electron chi connectivity index (χ1n) is 7.37. The largest absolute Gasteiger partial charge is 0.366 e. The normalized spacial score (nSPS) is 21.9. The first-order chi connectivity index (χ1) is 10.2. The van der Waals surface area contributed by atoms with Crippen molar-refractivity contribution in [3.05, 3.63) is 23.1 Å². The molecular weight excluding hydrogens is 332 g/mol. The second kappa shape index (κ2) is 5.23. The third kappa shape index (κ3) is 2.43. The minimum Gasteiger partial charge on any atom is -0.366 e. The number of rotatable bonds is 2. The van der Waals surface area contributed by atoms with E-state index >= 15 is 0 Å². The van der Waals surface area contributed by atoms with E-state index in [2.05, 4.69) is 54.0 Å². The Balaban J connectivity index is 1.42. The summed E-state index contributed by atoms with van der Waals surface area (Å²) in [7, 11) is 2.20. The topological polar surface area (TPSA) is 39.9 Å². The second-order valence-corrected chi connectivity index (χ2v) is 6.83. The molecule has 2 aromatic heterocycles. The molecule has 4 rings (SSSR count). The lowest BCUT2D eigenvalue weighted by molar-refractivity contribution is 0.0963. The Labute approximate surface area is 132 Å². The first-order valence-corrected chi connectivity index (χ1v) is 8.16. The van der Waals surface area contributed by atoms with E-state index in [-0.39, 0.29) is 0 Å². The number of piperazine rings is 1. The number of hydrogen-bond donors (Lipinski definition) is 0. The van der Waals surface area contributed by atoms with Gasteiger partial charge in [-0.25, -0.2) is 9.50 Å². The van der Waals surface area contributed by atoms with Crippen LogP contribution in [0.2, 0.25) is 0 Å². The van der Waals surface area contributed by atoms with Gasteiger partial charge < -0.3 is 9.80 Å². The Morgan fingerprint density at radius 1 is 1.14 bits per heavy atom. The van der Waals surface area contributed by atoms with Crippen LogP contribution < -0.4 is 4.90 Å². The molecule has 2 aliphatic heterocycles. The molecule has 0 N–H and O–H groups in total. The molecule has 6 nitrogen and oxygen atoms in total. The number of halogens is 1. The fraction of sp³-hybridized carbons (Fsp3) is 0.571. The molecule has 2 fully saturated rings. The minimum absolute atomic E-state index is 0.693. The molecule has 0 aromatic carbocycles. The summed E-state index contributed by atoms with van der Waals surface area (Å²) < 4.78 is 2.77. The lowest BCUT2D eigenvalue weighted by Crippen LogP contribution is -2.63. The molecule has 2 aromatic rings. The standard InChI is InChI=1S/C14H19BrN6/c1-18-2-4-19(5-3-18)12-8-20(9-12)11-6-16-14-13(15)7-17-21(14)10-11/h6-7,10,12H,2-5,8-9H2,1H3. The maximum absolute atomic E-state index is 4.48. The molecule has 0 radical (unpaired) electrons. The van der Waals surface area contributed by atoms with E-state index in [1.807, 2.05) is 10.7 Å². The molecule has 7 heteroatoms. The van der Waals surface area contributed by atoms with Crippen LogP contribution in [-0.2, 0) is 0 Å². The van der Waals surface area contributed by atoms with Gasteiger partial charge in [-0.15, -0.1) is 0 Å². The van der Waals surface area contributed by atoms with Crippen molar-refractivity contribution in [2.45, 2.75) is 6.04 Å². The van der Waals surface area contributed by atoms with E-state index in [1.54, 1.807) is 6.20 Å². The van der Waals surface area contributed by atoms with Crippen LogP contribution >= 0.6 is 15.9 Å². The third-order valence-electron chi connectivity index (χ3n) is 4.58. The molecule has 2 aliphatic rings. The van der Waals surface area contributed by atoms with Crippen LogP contribution in [0.15, 0.2) is 23.1 Å². The number of anilines is 1. The van der Waals surface area contributed by atoms with Crippen molar-refractivity contribution in [3.63, 3.8) is 0 Å². The van der Waals surface area contributed by atoms with Crippen molar-refractivity contribution >= 4 is 27.3 Å². The summed E-state index contributed by atoms with van der Waals surface area (Å²) in [4.78, 5) is 11.9. The zero-order valence-electron chi connectivity index (χ0n) is 12.1. The van der Waals surface area contributed by atoms with Crippen molar-refractivity contribution in [3.8, 4) is 0 Å². The summed E-state index contributed by atoms with van der Waals surface area (Å²) in [6.07, 6.45) is 5.80. The van der Waals surface area contributed by atoms with Crippen LogP contribution in [0.25, 0.3) is 5.65 Å². The first kappa shape index (κ1) is 13.5. The highest BCUT2D eigenvalue weighted by Gasteiger charge is 2.33. The maximum Gasteiger partial charge on any atom is 0.169 e. The van der Waals surface area contributed by atoms with Gasteiger partial charge in [0.1, 0.15) is 0 Å². The van der Waals surface area contributed by atoms with Gasteiger partial charge in [0, 0.05) is 45.3 Å². The molecule has 0 saturated carbocycles. The summed E-state index contributed by atoms with van der Waals surface area (Å²) in [5.74, 6) is 0. The van der Waals surface area contributed by atoms with Crippen molar-refractivity contribution in [1.82, 2.24) is 24.4 Å². The van der Waals surface area contributed by atoms with Gasteiger partial charge in [-0.2, -0.15) is 5.10 Å². The van der Waals surface area contributed by atoms with E-state index in [9.17, 15) is 0 Å². The lowest BCUT2D eigenvalue weighted by atomic mass is 10.1. The summed E-state index contributed by atoms with van der Waals surface area (Å²) in [5.41, 5.74) is 2.03. The van der Waals surface area contributed by atoms with Gasteiger partial charge >= 0.3 is 0 Å². The van der Waals surface area contributed by atoms with Gasteiger partial charge in [-0.1, -0.05) is 0 Å². The molecule has 0 bridgehead atoms. The van der Waals surface area contributed by atoms with E-state index in [0.29, 0.717) is 6.04 Å². The molecule has 0 spiro atoms. The number of likely N-dealkylation sites (N-methyl/N-ethyl adjacent to an activating group) is 1. The fourth-order valence-corrected chi connectivity index (χ4v) is 3.46. The predicted octanol–water partition coefficient (Wildman–Crippen LogP) is 0.928. The maximum atomic E-state index is 4.48. The highest BCUT2D eigenvalue weighted by molar-refractivity contribution is 9.10. The van der Waals surface area contributed by atoms with Crippen LogP contribution in [0, 0.1) is 0 Å². The molecule has 2 saturated heterocycles. The Bertz CT molecular complexity index is 642. The molecule has 21 heavy (non-hydrogen) atoms. The summed E-state index contributed by atoms with van der Waals surface area (Å²) >= 11 is 3.46. The minimum atomic E-state index is 0.693. The average Bonchev–Trinajstić information content (AvgIpc) is 2.81. The number of fused-ring (bicyclic) bond motifs is 1. The molecule has 0 amide bonds. The van der Waals surface area contributed by atoms with Gasteiger partial charge in [0.25, 0.3) is 0 Å². The van der Waals surface area contributed by atoms with Crippen LogP contribution in [-0.4, -0.2) is 76.8 Å². The zero-order chi connectivity index (χ0) is 14.4. The zero-order valence-corrected chi connectivity index (χ0v) is 13.7. The van der Waals surface area contributed by atoms with Gasteiger partial charge in [0.2, 0.25) is 0 Å². The Morgan fingerprint density at radius 2 is 1.90 bits per heavy atom. The van der Waals surface area contributed by atoms with Crippen LogP contribution in [0.1, 0.15) is 0 Å². The number of nitrogens with zero attached hydrogens (tertiary/aromatic N) is 6. The molecule has 0 atom stereocenters. The van der Waals surface area contributed by atoms with E-state index in [0.717, 1.165) is 28.9 Å². The highest BCUT2D eigenvalue weighted by atomic mass is 79.9. The second-order valence-electron chi connectivity index (χ2n) is 5.97. The van der Waals surface area contributed by atoms with Gasteiger partial charge in [0.15, 0.2) is 5.65 Å². The Kier molecular flexibility index (Phi) is 3.35. The lowest BCUT2D eigenvalue weighted by Gasteiger charge is -2.48. The van der Waals surface area contributed by atoms with Crippen molar-refractivity contribution in [2.24, 2.45) is 0 Å². The van der Waals surface area contributed by atoms with E-state index < -0.39 is 0 Å². The van der Waals surface area contributed by atoms with Gasteiger partial charge in [-0.3, -0.25) is 4.90 Å². The van der Waals surface area contributed by atoms with E-state index in [4.69, 9.17) is 0 Å². The monoisotopic (exact) mass is 350 g/mol. The average molecular weight is 351 g/mol. The molecule has 112 valence electrons. The molecule has 0 aliphatic carbocycles. The van der Waals surface area contributed by atoms with Crippen LogP contribution in [0.4, 0.5) is 5.69 Å². The number of hydrogen-bond acceptors (Lipinski definition) is 5. The quantitative estimate of drug-likeness (QED) is 0.805. The molecule has 4 heterocycles. The van der Waals surface area contributed by atoms with E-state index in [1.165, 1.54) is 26.2 Å². The fourth-order valence-electron chi connectivity index (χ4n) is 3.08. The third-order valence-corrected chi connectivity index (χ3v) is 5.14. The SMILES string of the molecule is CN1CCN(C2CN(c3cnc4c(Br)cnn4c3)C2)CC1. The number of aromatic nitrogens is 3. The van der Waals surface area contributed by atoms with Crippen molar-refractivity contribution < 1.29 is 0 Å². The summed E-state index contributed by atoms with van der Waals surface area (Å²) in [5, 5.41) is 4.30. The Hall–Kier alpha value is -1.18. The summed E-state index contributed by atoms with van der Waals surface area (Å²) in [6, 6.07) is 0.693. The van der Waals surface area contributed by atoms with Crippen molar-refractivity contribution in [2.75, 3.05) is 51.2 Å². The van der Waals surface area contributed by atoms with Gasteiger partial charge in [0.05, 0.1) is 28.8 Å². The highest BCUT2D eigenvalue weighted by Crippen LogP contribution is 2.25. The smallest absolute Gasteiger partial charge is 0.169 e. The van der Waals surface area contributed by atoms with Crippen molar-refractivity contribution in [1.29, 1.82) is 0 Å². The molecular formula is C14H19BrN6. The Morgan fingerprint density at radius 3 is 2.67 bits per heavy atom.